The molecule has 0 aliphatic rings. The van der Waals surface area contributed by atoms with E-state index in [2.05, 4.69) is 10.6 Å². The van der Waals surface area contributed by atoms with Crippen molar-refractivity contribution in [1.82, 2.24) is 0 Å². The second kappa shape index (κ2) is 8.00. The van der Waals surface area contributed by atoms with Crippen molar-refractivity contribution in [3.8, 4) is 0 Å². The SMILES string of the molecule is CCC(=O)Nc1ccc(Cl)c(NC(=O)[C@H](N)CC(C)C)c1. The lowest BCUT2D eigenvalue weighted by atomic mass is 10.0. The predicted octanol–water partition coefficient (Wildman–Crippen LogP) is 3.00. The van der Waals surface area contributed by atoms with E-state index < -0.39 is 6.04 Å². The highest BCUT2D eigenvalue weighted by molar-refractivity contribution is 6.34. The van der Waals surface area contributed by atoms with Crippen molar-refractivity contribution in [3.05, 3.63) is 23.2 Å². The largest absolute Gasteiger partial charge is 0.326 e. The third-order valence-corrected chi connectivity index (χ3v) is 3.22. The fraction of sp³-hybridized carbons (Fsp3) is 0.467. The van der Waals surface area contributed by atoms with E-state index in [1.54, 1.807) is 25.1 Å². The van der Waals surface area contributed by atoms with Gasteiger partial charge in [0.05, 0.1) is 16.8 Å². The third kappa shape index (κ3) is 5.73. The number of amides is 2. The average Bonchev–Trinajstić information content (AvgIpc) is 2.41. The Bertz CT molecular complexity index is 518. The zero-order valence-corrected chi connectivity index (χ0v) is 13.3. The second-order valence-corrected chi connectivity index (χ2v) is 5.73. The third-order valence-electron chi connectivity index (χ3n) is 2.89. The van der Waals surface area contributed by atoms with Crippen molar-refractivity contribution in [2.75, 3.05) is 10.6 Å². The number of anilines is 2. The molecule has 0 aromatic heterocycles. The first-order valence-electron chi connectivity index (χ1n) is 6.99. The van der Waals surface area contributed by atoms with Gasteiger partial charge >= 0.3 is 0 Å². The number of hydrogen-bond donors (Lipinski definition) is 3. The lowest BCUT2D eigenvalue weighted by Crippen LogP contribution is -2.36. The van der Waals surface area contributed by atoms with Gasteiger partial charge in [0.1, 0.15) is 0 Å². The molecule has 1 aromatic carbocycles. The number of carbonyl (C=O) groups is 2. The molecule has 0 saturated carbocycles. The Labute approximate surface area is 130 Å². The van der Waals surface area contributed by atoms with Gasteiger partial charge in [0.25, 0.3) is 0 Å². The fourth-order valence-corrected chi connectivity index (χ4v) is 1.95. The Morgan fingerprint density at radius 3 is 2.52 bits per heavy atom. The summed E-state index contributed by atoms with van der Waals surface area (Å²) in [4.78, 5) is 23.4. The van der Waals surface area contributed by atoms with Gasteiger partial charge in [0, 0.05) is 12.1 Å². The lowest BCUT2D eigenvalue weighted by molar-refractivity contribution is -0.118. The van der Waals surface area contributed by atoms with Crippen LogP contribution in [0.5, 0.6) is 0 Å². The minimum Gasteiger partial charge on any atom is -0.326 e. The van der Waals surface area contributed by atoms with Gasteiger partial charge in [-0.2, -0.15) is 0 Å². The van der Waals surface area contributed by atoms with E-state index in [0.29, 0.717) is 35.2 Å². The van der Waals surface area contributed by atoms with E-state index in [9.17, 15) is 9.59 Å². The Hall–Kier alpha value is -1.59. The first kappa shape index (κ1) is 17.5. The summed E-state index contributed by atoms with van der Waals surface area (Å²) in [5, 5.41) is 5.81. The number of hydrogen-bond acceptors (Lipinski definition) is 3. The van der Waals surface area contributed by atoms with Crippen LogP contribution in [0.2, 0.25) is 5.02 Å². The molecule has 2 amide bonds. The van der Waals surface area contributed by atoms with Gasteiger partial charge in [-0.3, -0.25) is 9.59 Å². The lowest BCUT2D eigenvalue weighted by Gasteiger charge is -2.15. The quantitative estimate of drug-likeness (QED) is 0.755. The molecule has 0 aliphatic carbocycles. The van der Waals surface area contributed by atoms with Crippen molar-refractivity contribution < 1.29 is 9.59 Å². The molecule has 0 saturated heterocycles. The molecule has 0 fully saturated rings. The summed E-state index contributed by atoms with van der Waals surface area (Å²) in [5.74, 6) is -0.0629. The highest BCUT2D eigenvalue weighted by Crippen LogP contribution is 2.26. The van der Waals surface area contributed by atoms with Gasteiger partial charge in [-0.15, -0.1) is 0 Å². The maximum Gasteiger partial charge on any atom is 0.241 e. The highest BCUT2D eigenvalue weighted by Gasteiger charge is 2.16. The van der Waals surface area contributed by atoms with E-state index in [-0.39, 0.29) is 11.8 Å². The van der Waals surface area contributed by atoms with Crippen LogP contribution in [0, 0.1) is 5.92 Å². The van der Waals surface area contributed by atoms with Crippen molar-refractivity contribution in [1.29, 1.82) is 0 Å². The Morgan fingerprint density at radius 1 is 1.29 bits per heavy atom. The Kier molecular flexibility index (Phi) is 6.65. The molecule has 4 N–H and O–H groups in total. The Morgan fingerprint density at radius 2 is 1.95 bits per heavy atom. The number of nitrogens with one attached hydrogen (secondary N) is 2. The van der Waals surface area contributed by atoms with Gasteiger partial charge in [-0.1, -0.05) is 32.4 Å². The minimum atomic E-state index is -0.588. The number of rotatable bonds is 6. The summed E-state index contributed by atoms with van der Waals surface area (Å²) in [6, 6.07) is 4.33. The molecule has 0 bridgehead atoms. The molecule has 1 aromatic rings. The fourth-order valence-electron chi connectivity index (χ4n) is 1.79. The summed E-state index contributed by atoms with van der Waals surface area (Å²) in [6.07, 6.45) is 0.972. The highest BCUT2D eigenvalue weighted by atomic mass is 35.5. The van der Waals surface area contributed by atoms with Gasteiger partial charge < -0.3 is 16.4 Å². The summed E-state index contributed by atoms with van der Waals surface area (Å²) >= 11 is 6.05. The van der Waals surface area contributed by atoms with Crippen molar-refractivity contribution in [3.63, 3.8) is 0 Å². The molecule has 6 heteroatoms. The van der Waals surface area contributed by atoms with Crippen LogP contribution in [0.3, 0.4) is 0 Å². The van der Waals surface area contributed by atoms with E-state index in [1.165, 1.54) is 0 Å². The topological polar surface area (TPSA) is 84.2 Å². The van der Waals surface area contributed by atoms with Crippen LogP contribution >= 0.6 is 11.6 Å². The summed E-state index contributed by atoms with van der Waals surface area (Å²) < 4.78 is 0. The first-order chi connectivity index (χ1) is 9.83. The Balaban J connectivity index is 2.80. The number of benzene rings is 1. The van der Waals surface area contributed by atoms with Crippen LogP contribution in [0.25, 0.3) is 0 Å². The maximum absolute atomic E-state index is 12.0. The number of nitrogens with two attached hydrogens (primary N) is 1. The molecule has 0 aliphatic heterocycles. The molecular weight excluding hydrogens is 290 g/mol. The van der Waals surface area contributed by atoms with E-state index >= 15 is 0 Å². The van der Waals surface area contributed by atoms with Gasteiger partial charge in [-0.05, 0) is 30.5 Å². The predicted molar refractivity (Wildman–Crippen MR) is 86.4 cm³/mol. The van der Waals surface area contributed by atoms with E-state index in [1.807, 2.05) is 13.8 Å². The van der Waals surface area contributed by atoms with Crippen LogP contribution < -0.4 is 16.4 Å². The molecule has 0 spiro atoms. The van der Waals surface area contributed by atoms with Crippen LogP contribution in [-0.2, 0) is 9.59 Å². The van der Waals surface area contributed by atoms with Crippen molar-refractivity contribution in [2.45, 2.75) is 39.7 Å². The zero-order valence-electron chi connectivity index (χ0n) is 12.6. The van der Waals surface area contributed by atoms with Crippen LogP contribution in [-0.4, -0.2) is 17.9 Å². The normalized spacial score (nSPS) is 12.1. The van der Waals surface area contributed by atoms with Crippen LogP contribution in [0.15, 0.2) is 18.2 Å². The number of carbonyl (C=O) groups excluding carboxylic acids is 2. The van der Waals surface area contributed by atoms with E-state index in [4.69, 9.17) is 17.3 Å². The van der Waals surface area contributed by atoms with Crippen LogP contribution in [0.1, 0.15) is 33.6 Å². The van der Waals surface area contributed by atoms with Crippen LogP contribution in [0.4, 0.5) is 11.4 Å². The van der Waals surface area contributed by atoms with Gasteiger partial charge in [0.15, 0.2) is 0 Å². The summed E-state index contributed by atoms with van der Waals surface area (Å²) in [5.41, 5.74) is 6.85. The molecule has 0 radical (unpaired) electrons. The molecule has 116 valence electrons. The molecule has 1 atom stereocenters. The summed E-state index contributed by atoms with van der Waals surface area (Å²) in [6.45, 7) is 5.76. The molecule has 1 rings (SSSR count). The van der Waals surface area contributed by atoms with Gasteiger partial charge in [-0.25, -0.2) is 0 Å². The molecular formula is C15H22ClN3O2. The van der Waals surface area contributed by atoms with E-state index in [0.717, 1.165) is 0 Å². The smallest absolute Gasteiger partial charge is 0.241 e. The molecule has 5 nitrogen and oxygen atoms in total. The first-order valence-corrected chi connectivity index (χ1v) is 7.37. The second-order valence-electron chi connectivity index (χ2n) is 5.32. The van der Waals surface area contributed by atoms with Gasteiger partial charge in [0.2, 0.25) is 11.8 Å². The average molecular weight is 312 g/mol. The molecule has 0 unspecified atom stereocenters. The zero-order chi connectivity index (χ0) is 16.0. The number of halogens is 1. The monoisotopic (exact) mass is 311 g/mol. The maximum atomic E-state index is 12.0. The van der Waals surface area contributed by atoms with Crippen molar-refractivity contribution >= 4 is 34.8 Å². The van der Waals surface area contributed by atoms with Crippen molar-refractivity contribution in [2.24, 2.45) is 11.7 Å². The molecule has 0 heterocycles. The standard InChI is InChI=1S/C15H22ClN3O2/c1-4-14(20)18-10-5-6-11(16)13(8-10)19-15(21)12(17)7-9(2)3/h5-6,8-9,12H,4,7,17H2,1-3H3,(H,18,20)(H,19,21)/t12-/m1/s1. The molecule has 21 heavy (non-hydrogen) atoms. The summed E-state index contributed by atoms with van der Waals surface area (Å²) in [7, 11) is 0. The minimum absolute atomic E-state index is 0.105.